The zero-order valence-corrected chi connectivity index (χ0v) is 12.0. The summed E-state index contributed by atoms with van der Waals surface area (Å²) in [5.74, 6) is 1.39. The Morgan fingerprint density at radius 1 is 1.47 bits per heavy atom. The first-order valence-corrected chi connectivity index (χ1v) is 7.46. The van der Waals surface area contributed by atoms with E-state index >= 15 is 0 Å². The summed E-state index contributed by atoms with van der Waals surface area (Å²) in [6.45, 7) is 5.37. The van der Waals surface area contributed by atoms with Gasteiger partial charge in [0.2, 0.25) is 0 Å². The van der Waals surface area contributed by atoms with Gasteiger partial charge in [0, 0.05) is 25.3 Å². The van der Waals surface area contributed by atoms with Crippen LogP contribution in [0, 0.1) is 0 Å². The van der Waals surface area contributed by atoms with Gasteiger partial charge >= 0.3 is 0 Å². The lowest BCUT2D eigenvalue weighted by Crippen LogP contribution is -2.29. The first-order valence-electron chi connectivity index (χ1n) is 6.92. The van der Waals surface area contributed by atoms with Gasteiger partial charge in [0.25, 0.3) is 0 Å². The third-order valence-corrected chi connectivity index (χ3v) is 4.07. The van der Waals surface area contributed by atoms with Gasteiger partial charge in [-0.25, -0.2) is 4.98 Å². The Balaban J connectivity index is 1.82. The van der Waals surface area contributed by atoms with Crippen molar-refractivity contribution in [1.82, 2.24) is 19.4 Å². The quantitative estimate of drug-likeness (QED) is 0.762. The lowest BCUT2D eigenvalue weighted by atomic mass is 10.4. The van der Waals surface area contributed by atoms with Crippen molar-refractivity contribution in [3.05, 3.63) is 24.3 Å². The summed E-state index contributed by atoms with van der Waals surface area (Å²) in [4.78, 5) is 11.2. The number of hydrogen-bond donors (Lipinski definition) is 0. The van der Waals surface area contributed by atoms with Crippen molar-refractivity contribution in [3.63, 3.8) is 0 Å². The molecule has 0 aliphatic heterocycles. The van der Waals surface area contributed by atoms with Crippen LogP contribution in [0.1, 0.15) is 25.6 Å². The van der Waals surface area contributed by atoms with Gasteiger partial charge in [0.15, 0.2) is 0 Å². The third-order valence-electron chi connectivity index (χ3n) is 3.83. The number of nitrogens with zero attached hydrogens (tertiary/aromatic N) is 4. The van der Waals surface area contributed by atoms with E-state index in [0.29, 0.717) is 5.88 Å². The summed E-state index contributed by atoms with van der Waals surface area (Å²) in [6.07, 6.45) is 6.33. The van der Waals surface area contributed by atoms with E-state index in [-0.39, 0.29) is 0 Å². The highest BCUT2D eigenvalue weighted by molar-refractivity contribution is 6.16. The molecule has 5 heteroatoms. The Bertz CT molecular complexity index is 562. The molecule has 0 unspecified atom stereocenters. The number of pyridine rings is 1. The molecule has 1 saturated carbocycles. The van der Waals surface area contributed by atoms with Crippen molar-refractivity contribution >= 4 is 22.6 Å². The lowest BCUT2D eigenvalue weighted by Gasteiger charge is -2.20. The van der Waals surface area contributed by atoms with E-state index in [2.05, 4.69) is 26.4 Å². The number of fused-ring (bicyclic) bond motifs is 1. The number of alkyl halides is 1. The van der Waals surface area contributed by atoms with Crippen LogP contribution in [-0.4, -0.2) is 38.6 Å². The van der Waals surface area contributed by atoms with Crippen molar-refractivity contribution in [2.75, 3.05) is 13.1 Å². The smallest absolute Gasteiger partial charge is 0.124 e. The van der Waals surface area contributed by atoms with E-state index in [0.717, 1.165) is 42.5 Å². The van der Waals surface area contributed by atoms with E-state index in [4.69, 9.17) is 11.6 Å². The summed E-state index contributed by atoms with van der Waals surface area (Å²) in [5, 5.41) is 0. The van der Waals surface area contributed by atoms with Gasteiger partial charge in [-0.05, 0) is 25.5 Å². The highest BCUT2D eigenvalue weighted by Gasteiger charge is 2.27. The van der Waals surface area contributed by atoms with Gasteiger partial charge in [-0.1, -0.05) is 6.92 Å². The fourth-order valence-electron chi connectivity index (χ4n) is 2.65. The summed E-state index contributed by atoms with van der Waals surface area (Å²) in [5.41, 5.74) is 2.07. The van der Waals surface area contributed by atoms with Crippen molar-refractivity contribution in [2.45, 2.75) is 38.2 Å². The van der Waals surface area contributed by atoms with Gasteiger partial charge < -0.3 is 4.57 Å². The van der Waals surface area contributed by atoms with Crippen LogP contribution in [0.4, 0.5) is 0 Å². The number of imidazole rings is 1. The molecule has 0 amide bonds. The molecule has 1 aliphatic rings. The molecule has 0 N–H and O–H groups in total. The van der Waals surface area contributed by atoms with Gasteiger partial charge in [-0.2, -0.15) is 0 Å². The Kier molecular flexibility index (Phi) is 3.71. The molecule has 1 fully saturated rings. The van der Waals surface area contributed by atoms with E-state index in [1.165, 1.54) is 12.8 Å². The van der Waals surface area contributed by atoms with Crippen LogP contribution >= 0.6 is 11.6 Å². The van der Waals surface area contributed by atoms with E-state index in [9.17, 15) is 0 Å². The molecule has 0 aromatic carbocycles. The summed E-state index contributed by atoms with van der Waals surface area (Å²) in [6, 6.07) is 2.83. The maximum Gasteiger partial charge on any atom is 0.124 e. The average molecular weight is 279 g/mol. The van der Waals surface area contributed by atoms with Crippen molar-refractivity contribution in [3.8, 4) is 0 Å². The fourth-order valence-corrected chi connectivity index (χ4v) is 2.85. The largest absolute Gasteiger partial charge is 0.326 e. The molecule has 102 valence electrons. The van der Waals surface area contributed by atoms with Crippen LogP contribution in [-0.2, 0) is 12.4 Å². The zero-order chi connectivity index (χ0) is 13.2. The van der Waals surface area contributed by atoms with Crippen molar-refractivity contribution < 1.29 is 0 Å². The molecule has 19 heavy (non-hydrogen) atoms. The first-order chi connectivity index (χ1) is 9.33. The predicted octanol–water partition coefficient (Wildman–Crippen LogP) is 2.65. The van der Waals surface area contributed by atoms with E-state index in [1.54, 1.807) is 6.20 Å². The second-order valence-electron chi connectivity index (χ2n) is 5.04. The van der Waals surface area contributed by atoms with Gasteiger partial charge in [0.05, 0.1) is 17.6 Å². The minimum Gasteiger partial charge on any atom is -0.326 e. The number of aromatic nitrogens is 3. The molecule has 0 saturated heterocycles. The maximum atomic E-state index is 6.01. The highest BCUT2D eigenvalue weighted by atomic mass is 35.5. The summed E-state index contributed by atoms with van der Waals surface area (Å²) >= 11 is 6.01. The molecule has 3 rings (SSSR count). The molecule has 0 spiro atoms. The topological polar surface area (TPSA) is 34.0 Å². The second-order valence-corrected chi connectivity index (χ2v) is 5.30. The van der Waals surface area contributed by atoms with E-state index in [1.807, 2.05) is 12.3 Å². The zero-order valence-electron chi connectivity index (χ0n) is 11.2. The van der Waals surface area contributed by atoms with Crippen molar-refractivity contribution in [1.29, 1.82) is 0 Å². The fraction of sp³-hybridized carbons (Fsp3) is 0.571. The first kappa shape index (κ1) is 12.9. The van der Waals surface area contributed by atoms with Crippen LogP contribution in [0.3, 0.4) is 0 Å². The normalized spacial score (nSPS) is 15.5. The molecular weight excluding hydrogens is 260 g/mol. The Morgan fingerprint density at radius 2 is 2.32 bits per heavy atom. The number of likely N-dealkylation sites (N-methyl/N-ethyl adjacent to an activating group) is 1. The summed E-state index contributed by atoms with van der Waals surface area (Å²) in [7, 11) is 0. The number of hydrogen-bond acceptors (Lipinski definition) is 3. The van der Waals surface area contributed by atoms with Crippen LogP contribution in [0.15, 0.2) is 18.5 Å². The predicted molar refractivity (Wildman–Crippen MR) is 77.4 cm³/mol. The van der Waals surface area contributed by atoms with Crippen LogP contribution in [0.2, 0.25) is 0 Å². The number of halogens is 1. The molecule has 4 nitrogen and oxygen atoms in total. The maximum absolute atomic E-state index is 6.01. The second kappa shape index (κ2) is 5.47. The monoisotopic (exact) mass is 278 g/mol. The molecule has 1 aliphatic carbocycles. The molecule has 0 atom stereocenters. The summed E-state index contributed by atoms with van der Waals surface area (Å²) < 4.78 is 2.23. The van der Waals surface area contributed by atoms with Crippen LogP contribution in [0.5, 0.6) is 0 Å². The molecular formula is C14H19ClN4. The average Bonchev–Trinajstić information content (AvgIpc) is 3.21. The Hall–Kier alpha value is -1.13. The van der Waals surface area contributed by atoms with Crippen molar-refractivity contribution in [2.24, 2.45) is 0 Å². The lowest BCUT2D eigenvalue weighted by molar-refractivity contribution is 0.266. The molecule has 2 aromatic rings. The number of rotatable bonds is 6. The minimum absolute atomic E-state index is 0.449. The Morgan fingerprint density at radius 3 is 3.00 bits per heavy atom. The van der Waals surface area contributed by atoms with Crippen LogP contribution < -0.4 is 0 Å². The SMILES string of the molecule is CCN(CCn1c(CCl)nc2cnccc21)C1CC1. The third kappa shape index (κ3) is 2.60. The Labute approximate surface area is 118 Å². The van der Waals surface area contributed by atoms with Gasteiger partial charge in [-0.3, -0.25) is 9.88 Å². The van der Waals surface area contributed by atoms with Crippen LogP contribution in [0.25, 0.3) is 11.0 Å². The molecule has 2 aromatic heterocycles. The molecule has 0 radical (unpaired) electrons. The van der Waals surface area contributed by atoms with E-state index < -0.39 is 0 Å². The van der Waals surface area contributed by atoms with Gasteiger partial charge in [-0.15, -0.1) is 11.6 Å². The molecule has 2 heterocycles. The highest BCUT2D eigenvalue weighted by Crippen LogP contribution is 2.26. The minimum atomic E-state index is 0.449. The van der Waals surface area contributed by atoms with Gasteiger partial charge in [0.1, 0.15) is 11.3 Å². The standard InChI is InChI=1S/C14H19ClN4/c1-2-18(11-3-4-11)7-8-19-13-5-6-16-10-12(13)17-14(19)9-15/h5-6,10-11H,2-4,7-9H2,1H3. The molecule has 0 bridgehead atoms.